The van der Waals surface area contributed by atoms with Gasteiger partial charge in [0, 0.05) is 13.2 Å². The summed E-state index contributed by atoms with van der Waals surface area (Å²) in [7, 11) is 1.45. The number of primary amides is 1. The molecule has 2 aromatic carbocycles. The molecule has 194 valence electrons. The Morgan fingerprint density at radius 3 is 2.59 bits per heavy atom. The summed E-state index contributed by atoms with van der Waals surface area (Å²) in [5.41, 5.74) is 11.7. The van der Waals surface area contributed by atoms with Crippen LogP contribution in [0.15, 0.2) is 48.5 Å². The summed E-state index contributed by atoms with van der Waals surface area (Å²) in [5, 5.41) is 12.7. The number of para-hydroxylation sites is 2. The number of benzene rings is 2. The molecule has 4 rings (SSSR count). The van der Waals surface area contributed by atoms with Crippen molar-refractivity contribution in [3.8, 4) is 11.5 Å². The number of nitrogen functional groups attached to an aromatic ring is 1. The fraction of sp³-hybridized carbons (Fsp3) is 0.280. The molecule has 12 heteroatoms. The predicted molar refractivity (Wildman–Crippen MR) is 138 cm³/mol. The van der Waals surface area contributed by atoms with Crippen molar-refractivity contribution >= 4 is 40.6 Å². The molecule has 0 spiro atoms. The van der Waals surface area contributed by atoms with Crippen LogP contribution in [-0.4, -0.2) is 53.6 Å². The summed E-state index contributed by atoms with van der Waals surface area (Å²) < 4.78 is 15.1. The molecular formula is C25H27N5O6S. The molecular weight excluding hydrogens is 498 g/mol. The Balaban J connectivity index is 1.84. The van der Waals surface area contributed by atoms with Gasteiger partial charge in [-0.1, -0.05) is 24.3 Å². The van der Waals surface area contributed by atoms with Crippen molar-refractivity contribution in [2.75, 3.05) is 30.9 Å². The maximum absolute atomic E-state index is 14.1. The second kappa shape index (κ2) is 11.3. The first-order valence-corrected chi connectivity index (χ1v) is 12.3. The Morgan fingerprint density at radius 2 is 1.97 bits per heavy atom. The molecule has 0 bridgehead atoms. The normalized spacial score (nSPS) is 15.6. The number of phenols is 1. The van der Waals surface area contributed by atoms with Gasteiger partial charge in [-0.15, -0.1) is 0 Å². The summed E-state index contributed by atoms with van der Waals surface area (Å²) in [6, 6.07) is 11.4. The maximum atomic E-state index is 14.1. The van der Waals surface area contributed by atoms with E-state index in [1.165, 1.54) is 24.1 Å². The van der Waals surface area contributed by atoms with Gasteiger partial charge in [0.1, 0.15) is 22.4 Å². The third-order valence-electron chi connectivity index (χ3n) is 5.96. The second-order valence-corrected chi connectivity index (χ2v) is 9.13. The molecule has 1 fully saturated rings. The highest BCUT2D eigenvalue weighted by Gasteiger charge is 2.37. The van der Waals surface area contributed by atoms with Crippen molar-refractivity contribution in [3.63, 3.8) is 0 Å². The summed E-state index contributed by atoms with van der Waals surface area (Å²) in [6.45, 7) is 0.885. The molecule has 3 amide bonds. The quantitative estimate of drug-likeness (QED) is 0.329. The monoisotopic (exact) mass is 525 g/mol. The number of aromatic nitrogens is 1. The number of nitrogens with two attached hydrogens (primary N) is 2. The summed E-state index contributed by atoms with van der Waals surface area (Å²) in [4.78, 5) is 40.8. The largest absolute Gasteiger partial charge is 0.508 e. The lowest BCUT2D eigenvalue weighted by molar-refractivity contribution is -0.123. The highest BCUT2D eigenvalue weighted by molar-refractivity contribution is 7.09. The van der Waals surface area contributed by atoms with Crippen LogP contribution in [0.3, 0.4) is 0 Å². The summed E-state index contributed by atoms with van der Waals surface area (Å²) in [6.07, 6.45) is 1.59. The lowest BCUT2D eigenvalue weighted by Gasteiger charge is -2.32. The molecule has 3 aromatic rings. The number of nitrogens with zero attached hydrogens (tertiary/aromatic N) is 2. The molecule has 0 unspecified atom stereocenters. The minimum Gasteiger partial charge on any atom is -0.508 e. The Morgan fingerprint density at radius 1 is 1.24 bits per heavy atom. The Labute approximate surface area is 217 Å². The van der Waals surface area contributed by atoms with E-state index >= 15 is 0 Å². The zero-order chi connectivity index (χ0) is 26.5. The van der Waals surface area contributed by atoms with Gasteiger partial charge < -0.3 is 31.4 Å². The van der Waals surface area contributed by atoms with Gasteiger partial charge in [0.05, 0.1) is 24.6 Å². The molecule has 0 aliphatic carbocycles. The van der Waals surface area contributed by atoms with Gasteiger partial charge in [-0.25, -0.2) is 0 Å². The van der Waals surface area contributed by atoms with Crippen molar-refractivity contribution < 1.29 is 29.0 Å². The number of carbonyl (C=O) groups is 3. The van der Waals surface area contributed by atoms with E-state index in [-0.39, 0.29) is 40.3 Å². The molecule has 11 nitrogen and oxygen atoms in total. The predicted octanol–water partition coefficient (Wildman–Crippen LogP) is 2.22. The van der Waals surface area contributed by atoms with Crippen molar-refractivity contribution in [1.29, 1.82) is 0 Å². The van der Waals surface area contributed by atoms with Gasteiger partial charge in [-0.3, -0.25) is 19.3 Å². The fourth-order valence-corrected chi connectivity index (χ4v) is 4.87. The molecule has 1 aliphatic rings. The van der Waals surface area contributed by atoms with E-state index in [0.29, 0.717) is 29.5 Å². The number of ether oxygens (including phenoxy) is 2. The van der Waals surface area contributed by atoms with E-state index in [0.717, 1.165) is 12.8 Å². The molecule has 0 radical (unpaired) electrons. The van der Waals surface area contributed by atoms with Crippen molar-refractivity contribution in [2.24, 2.45) is 5.73 Å². The first kappa shape index (κ1) is 25.9. The van der Waals surface area contributed by atoms with E-state index in [1.807, 2.05) is 0 Å². The molecule has 37 heavy (non-hydrogen) atoms. The van der Waals surface area contributed by atoms with E-state index in [2.05, 4.69) is 9.69 Å². The van der Waals surface area contributed by atoms with Gasteiger partial charge >= 0.3 is 0 Å². The standard InChI is InChI=1S/C25H27N5O6S/c1-35-18-7-3-2-6-17(18)30(25(34)22-19(26)20(23(27)32)29-37-22)21(14-8-10-15(31)11-9-14)24(33)28-13-16-5-4-12-36-16/h2-3,6-11,16,21,31H,4-5,12-13,26H2,1H3,(H2,27,32)(H,28,33)/t16-,21-/m0/s1. The smallest absolute Gasteiger partial charge is 0.273 e. The fourth-order valence-electron chi connectivity index (χ4n) is 4.12. The van der Waals surface area contributed by atoms with Crippen LogP contribution >= 0.6 is 11.5 Å². The molecule has 1 aliphatic heterocycles. The molecule has 6 N–H and O–H groups in total. The topological polar surface area (TPSA) is 170 Å². The number of nitrogens with one attached hydrogen (secondary N) is 1. The number of amides is 3. The number of hydrogen-bond acceptors (Lipinski definition) is 9. The van der Waals surface area contributed by atoms with E-state index in [1.54, 1.807) is 36.4 Å². The number of hydrogen-bond donors (Lipinski definition) is 4. The average molecular weight is 526 g/mol. The number of anilines is 2. The van der Waals surface area contributed by atoms with E-state index in [4.69, 9.17) is 20.9 Å². The number of phenolic OH excluding ortho intramolecular Hbond substituents is 1. The highest BCUT2D eigenvalue weighted by atomic mass is 32.1. The summed E-state index contributed by atoms with van der Waals surface area (Å²) >= 11 is 0.710. The van der Waals surface area contributed by atoms with Crippen LogP contribution in [0.2, 0.25) is 0 Å². The van der Waals surface area contributed by atoms with Crippen molar-refractivity contribution in [3.05, 3.63) is 64.7 Å². The number of aromatic hydroxyl groups is 1. The zero-order valence-electron chi connectivity index (χ0n) is 20.0. The maximum Gasteiger partial charge on any atom is 0.273 e. The number of carbonyl (C=O) groups excluding carboxylic acids is 3. The van der Waals surface area contributed by atoms with Crippen LogP contribution < -0.4 is 26.4 Å². The van der Waals surface area contributed by atoms with Crippen LogP contribution in [0.5, 0.6) is 11.5 Å². The zero-order valence-corrected chi connectivity index (χ0v) is 20.9. The van der Waals surface area contributed by atoms with Gasteiger partial charge in [0.2, 0.25) is 5.91 Å². The minimum absolute atomic E-state index is 0.00441. The van der Waals surface area contributed by atoms with Crippen LogP contribution in [0.1, 0.15) is 44.6 Å². The third-order valence-corrected chi connectivity index (χ3v) is 6.81. The molecule has 0 saturated carbocycles. The van der Waals surface area contributed by atoms with Gasteiger partial charge in [-0.2, -0.15) is 4.37 Å². The van der Waals surface area contributed by atoms with Gasteiger partial charge in [-0.05, 0) is 54.2 Å². The molecule has 2 heterocycles. The molecule has 1 saturated heterocycles. The van der Waals surface area contributed by atoms with E-state index < -0.39 is 23.8 Å². The first-order valence-electron chi connectivity index (χ1n) is 11.5. The summed E-state index contributed by atoms with van der Waals surface area (Å²) in [5.74, 6) is -1.72. The average Bonchev–Trinajstić information content (AvgIpc) is 3.56. The SMILES string of the molecule is COc1ccccc1N(C(=O)c1snc(C(N)=O)c1N)[C@H](C(=O)NC[C@@H]1CCCO1)c1ccc(O)cc1. The molecule has 1 aromatic heterocycles. The minimum atomic E-state index is -1.20. The number of methoxy groups -OCH3 is 1. The van der Waals surface area contributed by atoms with Gasteiger partial charge in [0.15, 0.2) is 5.69 Å². The van der Waals surface area contributed by atoms with Crippen LogP contribution in [0, 0.1) is 0 Å². The lowest BCUT2D eigenvalue weighted by atomic mass is 10.0. The third kappa shape index (κ3) is 5.49. The Bertz CT molecular complexity index is 1290. The number of rotatable bonds is 9. The van der Waals surface area contributed by atoms with Crippen molar-refractivity contribution in [2.45, 2.75) is 25.0 Å². The van der Waals surface area contributed by atoms with E-state index in [9.17, 15) is 19.5 Å². The second-order valence-electron chi connectivity index (χ2n) is 8.36. The van der Waals surface area contributed by atoms with Crippen LogP contribution in [0.4, 0.5) is 11.4 Å². The molecule has 2 atom stereocenters. The first-order chi connectivity index (χ1) is 17.8. The lowest BCUT2D eigenvalue weighted by Crippen LogP contribution is -2.45. The van der Waals surface area contributed by atoms with Gasteiger partial charge in [0.25, 0.3) is 11.8 Å². The van der Waals surface area contributed by atoms with Crippen molar-refractivity contribution in [1.82, 2.24) is 9.69 Å². The Hall–Kier alpha value is -4.16. The Kier molecular flexibility index (Phi) is 7.89. The highest BCUT2D eigenvalue weighted by Crippen LogP contribution is 2.38. The van der Waals surface area contributed by atoms with Crippen LogP contribution in [-0.2, 0) is 9.53 Å². The van der Waals surface area contributed by atoms with Crippen LogP contribution in [0.25, 0.3) is 0 Å².